The lowest BCUT2D eigenvalue weighted by molar-refractivity contribution is 0.116. The van der Waals surface area contributed by atoms with Gasteiger partial charge >= 0.3 is 0 Å². The maximum absolute atomic E-state index is 4.05. The Morgan fingerprint density at radius 3 is 2.00 bits per heavy atom. The molecule has 3 fully saturated rings. The number of nitrogens with one attached hydrogen (secondary N) is 1. The van der Waals surface area contributed by atoms with Crippen LogP contribution < -0.4 is 5.32 Å². The Kier molecular flexibility index (Phi) is 3.95. The minimum Gasteiger partial charge on any atom is -0.311 e. The van der Waals surface area contributed by atoms with Crippen LogP contribution in [0.4, 0.5) is 0 Å². The zero-order valence-corrected chi connectivity index (χ0v) is 13.1. The molecule has 110 valence electrons. The van der Waals surface area contributed by atoms with Gasteiger partial charge in [-0.05, 0) is 62.2 Å². The second-order valence-corrected chi connectivity index (χ2v) is 8.43. The van der Waals surface area contributed by atoms with Crippen molar-refractivity contribution in [2.45, 2.75) is 103 Å². The fraction of sp³-hybridized carbons (Fsp3) is 1.00. The van der Waals surface area contributed by atoms with E-state index in [1.54, 1.807) is 0 Å². The van der Waals surface area contributed by atoms with Crippen LogP contribution >= 0.6 is 0 Å². The molecule has 0 aliphatic heterocycles. The van der Waals surface area contributed by atoms with Crippen molar-refractivity contribution >= 4 is 0 Å². The molecule has 3 saturated carbocycles. The van der Waals surface area contributed by atoms with Gasteiger partial charge in [0.1, 0.15) is 0 Å². The molecule has 3 rings (SSSR count). The minimum atomic E-state index is 0.529. The van der Waals surface area contributed by atoms with Crippen LogP contribution in [-0.2, 0) is 0 Å². The third-order valence-electron chi connectivity index (χ3n) is 6.65. The quantitative estimate of drug-likeness (QED) is 0.735. The molecular weight excluding hydrogens is 230 g/mol. The standard InChI is InChI=1S/C18H33N/c1-17(2)10-4-3-7-16(17)19-15-8-13-18(14-9-15)11-5-6-12-18/h15-16,19H,3-14H2,1-2H3. The van der Waals surface area contributed by atoms with Gasteiger partial charge in [0, 0.05) is 12.1 Å². The second-order valence-electron chi connectivity index (χ2n) is 8.43. The summed E-state index contributed by atoms with van der Waals surface area (Å²) >= 11 is 0. The molecule has 19 heavy (non-hydrogen) atoms. The van der Waals surface area contributed by atoms with E-state index in [-0.39, 0.29) is 0 Å². The smallest absolute Gasteiger partial charge is 0.0121 e. The lowest BCUT2D eigenvalue weighted by Crippen LogP contribution is -2.50. The predicted octanol–water partition coefficient (Wildman–Crippen LogP) is 5.05. The summed E-state index contributed by atoms with van der Waals surface area (Å²) in [7, 11) is 0. The molecule has 0 heterocycles. The molecule has 1 unspecified atom stereocenters. The summed E-state index contributed by atoms with van der Waals surface area (Å²) in [5.41, 5.74) is 1.32. The first-order valence-corrected chi connectivity index (χ1v) is 8.86. The summed E-state index contributed by atoms with van der Waals surface area (Å²) in [4.78, 5) is 0. The van der Waals surface area contributed by atoms with Crippen LogP contribution in [0.1, 0.15) is 90.9 Å². The first kappa shape index (κ1) is 13.9. The summed E-state index contributed by atoms with van der Waals surface area (Å²) in [5, 5.41) is 4.05. The molecule has 1 atom stereocenters. The SMILES string of the molecule is CC1(C)CCCCC1NC1CCC2(CCCC2)CC1. The van der Waals surface area contributed by atoms with Gasteiger partial charge in [0.25, 0.3) is 0 Å². The minimum absolute atomic E-state index is 0.529. The number of hydrogen-bond acceptors (Lipinski definition) is 1. The number of hydrogen-bond donors (Lipinski definition) is 1. The Hall–Kier alpha value is -0.0400. The van der Waals surface area contributed by atoms with Gasteiger partial charge in [-0.2, -0.15) is 0 Å². The van der Waals surface area contributed by atoms with Gasteiger partial charge in [0.15, 0.2) is 0 Å². The van der Waals surface area contributed by atoms with E-state index >= 15 is 0 Å². The van der Waals surface area contributed by atoms with Crippen molar-refractivity contribution in [3.63, 3.8) is 0 Å². The third-order valence-corrected chi connectivity index (χ3v) is 6.65. The Bertz CT molecular complexity index is 291. The van der Waals surface area contributed by atoms with Crippen molar-refractivity contribution in [1.29, 1.82) is 0 Å². The molecule has 0 aromatic carbocycles. The lowest BCUT2D eigenvalue weighted by Gasteiger charge is -2.44. The lowest BCUT2D eigenvalue weighted by atomic mass is 9.69. The zero-order chi connectivity index (χ0) is 13.3. The van der Waals surface area contributed by atoms with Crippen molar-refractivity contribution in [3.05, 3.63) is 0 Å². The molecule has 3 aliphatic carbocycles. The van der Waals surface area contributed by atoms with Gasteiger partial charge in [-0.25, -0.2) is 0 Å². The van der Waals surface area contributed by atoms with E-state index in [4.69, 9.17) is 0 Å². The van der Waals surface area contributed by atoms with Gasteiger partial charge in [-0.15, -0.1) is 0 Å². The summed E-state index contributed by atoms with van der Waals surface area (Å²) < 4.78 is 0. The molecule has 1 N–H and O–H groups in total. The Labute approximate surface area is 119 Å². The summed E-state index contributed by atoms with van der Waals surface area (Å²) in [6.45, 7) is 4.95. The second kappa shape index (κ2) is 5.39. The van der Waals surface area contributed by atoms with Crippen LogP contribution in [0.2, 0.25) is 0 Å². The summed E-state index contributed by atoms with van der Waals surface area (Å²) in [6.07, 6.45) is 17.7. The largest absolute Gasteiger partial charge is 0.311 e. The maximum Gasteiger partial charge on any atom is 0.0121 e. The van der Waals surface area contributed by atoms with E-state index < -0.39 is 0 Å². The van der Waals surface area contributed by atoms with Gasteiger partial charge in [-0.3, -0.25) is 0 Å². The predicted molar refractivity (Wildman–Crippen MR) is 82.3 cm³/mol. The van der Waals surface area contributed by atoms with Crippen LogP contribution in [0.15, 0.2) is 0 Å². The van der Waals surface area contributed by atoms with Crippen LogP contribution in [0, 0.1) is 10.8 Å². The van der Waals surface area contributed by atoms with Crippen molar-refractivity contribution in [2.75, 3.05) is 0 Å². The van der Waals surface area contributed by atoms with E-state index in [9.17, 15) is 0 Å². The van der Waals surface area contributed by atoms with Gasteiger partial charge in [0.2, 0.25) is 0 Å². The fourth-order valence-electron chi connectivity index (χ4n) is 5.11. The van der Waals surface area contributed by atoms with Gasteiger partial charge in [0.05, 0.1) is 0 Å². The zero-order valence-electron chi connectivity index (χ0n) is 13.1. The van der Waals surface area contributed by atoms with Crippen LogP contribution in [0.5, 0.6) is 0 Å². The molecule has 0 aromatic heterocycles. The van der Waals surface area contributed by atoms with Crippen molar-refractivity contribution in [2.24, 2.45) is 10.8 Å². The van der Waals surface area contributed by atoms with Gasteiger partial charge < -0.3 is 5.32 Å². The topological polar surface area (TPSA) is 12.0 Å². The Balaban J connectivity index is 1.51. The van der Waals surface area contributed by atoms with Crippen LogP contribution in [0.3, 0.4) is 0 Å². The molecule has 0 bridgehead atoms. The maximum atomic E-state index is 4.05. The molecule has 0 radical (unpaired) electrons. The summed E-state index contributed by atoms with van der Waals surface area (Å²) in [5.74, 6) is 0. The molecule has 0 saturated heterocycles. The average molecular weight is 263 g/mol. The van der Waals surface area contributed by atoms with Crippen LogP contribution in [0.25, 0.3) is 0 Å². The van der Waals surface area contributed by atoms with Crippen molar-refractivity contribution in [3.8, 4) is 0 Å². The Morgan fingerprint density at radius 1 is 0.737 bits per heavy atom. The van der Waals surface area contributed by atoms with E-state index in [1.807, 2.05) is 0 Å². The normalized spacial score (nSPS) is 34.7. The van der Waals surface area contributed by atoms with Crippen LogP contribution in [-0.4, -0.2) is 12.1 Å². The van der Waals surface area contributed by atoms with E-state index in [1.165, 1.54) is 77.0 Å². The molecular formula is C18H33N. The highest BCUT2D eigenvalue weighted by molar-refractivity contribution is 4.95. The number of rotatable bonds is 2. The Morgan fingerprint density at radius 2 is 1.37 bits per heavy atom. The molecule has 3 aliphatic rings. The molecule has 1 nitrogen and oxygen atoms in total. The summed E-state index contributed by atoms with van der Waals surface area (Å²) in [6, 6.07) is 1.61. The highest BCUT2D eigenvalue weighted by Crippen LogP contribution is 2.49. The molecule has 1 heteroatoms. The first-order valence-electron chi connectivity index (χ1n) is 8.86. The van der Waals surface area contributed by atoms with E-state index in [0.717, 1.165) is 17.5 Å². The average Bonchev–Trinajstić information content (AvgIpc) is 2.83. The monoisotopic (exact) mass is 263 g/mol. The molecule has 0 aromatic rings. The highest BCUT2D eigenvalue weighted by atomic mass is 15.0. The van der Waals surface area contributed by atoms with E-state index in [2.05, 4.69) is 19.2 Å². The van der Waals surface area contributed by atoms with Gasteiger partial charge in [-0.1, -0.05) is 39.5 Å². The van der Waals surface area contributed by atoms with Crippen molar-refractivity contribution in [1.82, 2.24) is 5.32 Å². The highest BCUT2D eigenvalue weighted by Gasteiger charge is 2.39. The first-order chi connectivity index (χ1) is 9.10. The molecule has 0 amide bonds. The molecule has 1 spiro atoms. The fourth-order valence-corrected chi connectivity index (χ4v) is 5.11. The third kappa shape index (κ3) is 3.01. The van der Waals surface area contributed by atoms with E-state index in [0.29, 0.717) is 5.41 Å². The van der Waals surface area contributed by atoms with Crippen molar-refractivity contribution < 1.29 is 0 Å².